The second-order valence-corrected chi connectivity index (χ2v) is 5.03. The largest absolute Gasteiger partial charge is 0.435 e. The Bertz CT molecular complexity index is 371. The maximum Gasteiger partial charge on any atom is 0.387 e. The molecule has 0 heterocycles. The van der Waals surface area contributed by atoms with E-state index in [4.69, 9.17) is 5.73 Å². The van der Waals surface area contributed by atoms with Gasteiger partial charge in [-0.3, -0.25) is 0 Å². The number of benzene rings is 1. The van der Waals surface area contributed by atoms with Crippen molar-refractivity contribution in [1.82, 2.24) is 4.90 Å². The third-order valence-electron chi connectivity index (χ3n) is 3.47. The molecule has 3 nitrogen and oxygen atoms in total. The fraction of sp³-hybridized carbons (Fsp3) is 0.600. The van der Waals surface area contributed by atoms with Crippen LogP contribution in [0.2, 0.25) is 0 Å². The zero-order valence-corrected chi connectivity index (χ0v) is 12.2. The normalized spacial score (nSPS) is 12.9. The van der Waals surface area contributed by atoms with Crippen LogP contribution in [0.3, 0.4) is 0 Å². The number of alkyl halides is 2. The van der Waals surface area contributed by atoms with E-state index in [1.54, 1.807) is 12.1 Å². The van der Waals surface area contributed by atoms with E-state index in [9.17, 15) is 8.78 Å². The first-order chi connectivity index (χ1) is 9.52. The van der Waals surface area contributed by atoms with Crippen molar-refractivity contribution in [3.63, 3.8) is 0 Å². The summed E-state index contributed by atoms with van der Waals surface area (Å²) in [6, 6.07) is 7.32. The van der Waals surface area contributed by atoms with E-state index < -0.39 is 6.61 Å². The third-order valence-corrected chi connectivity index (χ3v) is 3.47. The lowest BCUT2D eigenvalue weighted by molar-refractivity contribution is -0.0498. The summed E-state index contributed by atoms with van der Waals surface area (Å²) < 4.78 is 28.4. The molecular formula is C15H24F2N2O. The number of hydrogen-bond donors (Lipinski definition) is 1. The second kappa shape index (κ2) is 8.87. The zero-order chi connectivity index (χ0) is 15.0. The standard InChI is InChI=1S/C15H24F2N2O/c1-12(19(2)11-3-10-18)4-5-13-6-8-14(9-7-13)20-15(16)17/h6-9,12,15H,3-5,10-11,18H2,1-2H3. The van der Waals surface area contributed by atoms with Gasteiger partial charge in [-0.1, -0.05) is 12.1 Å². The van der Waals surface area contributed by atoms with Crippen molar-refractivity contribution in [2.45, 2.75) is 38.8 Å². The molecule has 0 radical (unpaired) electrons. The van der Waals surface area contributed by atoms with Gasteiger partial charge in [0.15, 0.2) is 0 Å². The van der Waals surface area contributed by atoms with Crippen LogP contribution in [0.1, 0.15) is 25.3 Å². The summed E-state index contributed by atoms with van der Waals surface area (Å²) in [7, 11) is 2.10. The molecule has 0 aliphatic heterocycles. The molecule has 114 valence electrons. The molecule has 1 aromatic rings. The van der Waals surface area contributed by atoms with Gasteiger partial charge in [0, 0.05) is 6.04 Å². The van der Waals surface area contributed by atoms with Crippen LogP contribution >= 0.6 is 0 Å². The molecule has 0 saturated heterocycles. The quantitative estimate of drug-likeness (QED) is 0.758. The highest BCUT2D eigenvalue weighted by Gasteiger charge is 2.09. The Hall–Kier alpha value is -1.20. The smallest absolute Gasteiger partial charge is 0.387 e. The lowest BCUT2D eigenvalue weighted by atomic mass is 10.1. The van der Waals surface area contributed by atoms with Crippen molar-refractivity contribution in [3.05, 3.63) is 29.8 Å². The van der Waals surface area contributed by atoms with Gasteiger partial charge < -0.3 is 15.4 Å². The molecule has 0 aliphatic rings. The number of nitrogens with zero attached hydrogens (tertiary/aromatic N) is 1. The number of nitrogens with two attached hydrogens (primary N) is 1. The topological polar surface area (TPSA) is 38.5 Å². The van der Waals surface area contributed by atoms with Crippen molar-refractivity contribution in [3.8, 4) is 5.75 Å². The highest BCUT2D eigenvalue weighted by molar-refractivity contribution is 5.27. The van der Waals surface area contributed by atoms with Gasteiger partial charge in [-0.05, 0) is 64.0 Å². The number of halogens is 2. The first-order valence-electron chi connectivity index (χ1n) is 6.97. The Morgan fingerprint density at radius 3 is 2.45 bits per heavy atom. The maximum atomic E-state index is 12.0. The van der Waals surface area contributed by atoms with E-state index in [1.807, 2.05) is 12.1 Å². The number of rotatable bonds is 9. The summed E-state index contributed by atoms with van der Waals surface area (Å²) in [6.45, 7) is 1.13. The Balaban J connectivity index is 2.37. The lowest BCUT2D eigenvalue weighted by Crippen LogP contribution is -2.31. The summed E-state index contributed by atoms with van der Waals surface area (Å²) in [5.74, 6) is 0.205. The number of ether oxygens (including phenoxy) is 1. The van der Waals surface area contributed by atoms with Gasteiger partial charge in [-0.15, -0.1) is 0 Å². The van der Waals surface area contributed by atoms with Crippen LogP contribution in [0.5, 0.6) is 5.75 Å². The van der Waals surface area contributed by atoms with Crippen molar-refractivity contribution < 1.29 is 13.5 Å². The minimum absolute atomic E-state index is 0.205. The first kappa shape index (κ1) is 16.9. The van der Waals surface area contributed by atoms with E-state index in [0.29, 0.717) is 12.6 Å². The molecular weight excluding hydrogens is 262 g/mol. The van der Waals surface area contributed by atoms with Crippen LogP contribution in [0.25, 0.3) is 0 Å². The first-order valence-corrected chi connectivity index (χ1v) is 6.97. The van der Waals surface area contributed by atoms with Gasteiger partial charge >= 0.3 is 6.61 Å². The molecule has 1 aromatic carbocycles. The molecule has 1 rings (SSSR count). The molecule has 0 saturated carbocycles. The summed E-state index contributed by atoms with van der Waals surface area (Å²) in [6.07, 6.45) is 2.94. The molecule has 1 atom stereocenters. The maximum absolute atomic E-state index is 12.0. The van der Waals surface area contributed by atoms with Crippen LogP contribution in [-0.4, -0.2) is 37.7 Å². The van der Waals surface area contributed by atoms with Gasteiger partial charge in [0.1, 0.15) is 5.75 Å². The minimum Gasteiger partial charge on any atom is -0.435 e. The molecule has 1 unspecified atom stereocenters. The fourth-order valence-electron chi connectivity index (χ4n) is 1.99. The summed E-state index contributed by atoms with van der Waals surface area (Å²) in [5.41, 5.74) is 6.63. The van der Waals surface area contributed by atoms with Crippen LogP contribution in [-0.2, 0) is 6.42 Å². The van der Waals surface area contributed by atoms with E-state index in [2.05, 4.69) is 23.6 Å². The van der Waals surface area contributed by atoms with Crippen molar-refractivity contribution in [2.24, 2.45) is 5.73 Å². The Morgan fingerprint density at radius 2 is 1.90 bits per heavy atom. The van der Waals surface area contributed by atoms with Gasteiger partial charge in [-0.25, -0.2) is 0 Å². The lowest BCUT2D eigenvalue weighted by Gasteiger charge is -2.24. The Kier molecular flexibility index (Phi) is 7.47. The average molecular weight is 286 g/mol. The van der Waals surface area contributed by atoms with Crippen molar-refractivity contribution in [1.29, 1.82) is 0 Å². The number of aryl methyl sites for hydroxylation is 1. The van der Waals surface area contributed by atoms with Gasteiger partial charge in [0.05, 0.1) is 0 Å². The van der Waals surface area contributed by atoms with E-state index in [1.165, 1.54) is 0 Å². The van der Waals surface area contributed by atoms with Crippen molar-refractivity contribution in [2.75, 3.05) is 20.1 Å². The summed E-state index contributed by atoms with van der Waals surface area (Å²) in [4.78, 5) is 2.29. The molecule has 20 heavy (non-hydrogen) atoms. The van der Waals surface area contributed by atoms with Crippen LogP contribution < -0.4 is 10.5 Å². The number of hydrogen-bond acceptors (Lipinski definition) is 3. The molecule has 0 bridgehead atoms. The van der Waals surface area contributed by atoms with Gasteiger partial charge in [0.2, 0.25) is 0 Å². The average Bonchev–Trinajstić information content (AvgIpc) is 2.43. The van der Waals surface area contributed by atoms with E-state index in [-0.39, 0.29) is 5.75 Å². The monoisotopic (exact) mass is 286 g/mol. The second-order valence-electron chi connectivity index (χ2n) is 5.03. The Morgan fingerprint density at radius 1 is 1.25 bits per heavy atom. The third kappa shape index (κ3) is 6.30. The van der Waals surface area contributed by atoms with E-state index in [0.717, 1.165) is 31.4 Å². The molecule has 5 heteroatoms. The molecule has 0 fully saturated rings. The van der Waals surface area contributed by atoms with E-state index >= 15 is 0 Å². The van der Waals surface area contributed by atoms with Crippen LogP contribution in [0.4, 0.5) is 8.78 Å². The SMILES string of the molecule is CC(CCc1ccc(OC(F)F)cc1)N(C)CCCN. The summed E-state index contributed by atoms with van der Waals surface area (Å²) >= 11 is 0. The molecule has 0 aromatic heterocycles. The van der Waals surface area contributed by atoms with Crippen LogP contribution in [0.15, 0.2) is 24.3 Å². The van der Waals surface area contributed by atoms with Crippen molar-refractivity contribution >= 4 is 0 Å². The molecule has 0 amide bonds. The zero-order valence-electron chi connectivity index (χ0n) is 12.2. The highest BCUT2D eigenvalue weighted by atomic mass is 19.3. The van der Waals surface area contributed by atoms with Crippen LogP contribution in [0, 0.1) is 0 Å². The Labute approximate surface area is 119 Å². The predicted molar refractivity (Wildman–Crippen MR) is 77.2 cm³/mol. The molecule has 0 aliphatic carbocycles. The fourth-order valence-corrected chi connectivity index (χ4v) is 1.99. The van der Waals surface area contributed by atoms with Gasteiger partial charge in [-0.2, -0.15) is 8.78 Å². The molecule has 0 spiro atoms. The minimum atomic E-state index is -2.77. The molecule has 2 N–H and O–H groups in total. The van der Waals surface area contributed by atoms with Gasteiger partial charge in [0.25, 0.3) is 0 Å². The highest BCUT2D eigenvalue weighted by Crippen LogP contribution is 2.16. The predicted octanol–water partition coefficient (Wildman–Crippen LogP) is 2.89. The summed E-state index contributed by atoms with van der Waals surface area (Å²) in [5, 5.41) is 0.